The van der Waals surface area contributed by atoms with Gasteiger partial charge in [0.1, 0.15) is 12.3 Å². The summed E-state index contributed by atoms with van der Waals surface area (Å²) in [6.45, 7) is 3.86. The highest BCUT2D eigenvalue weighted by Crippen LogP contribution is 2.34. The molecule has 20 heavy (non-hydrogen) atoms. The number of amides is 1. The van der Waals surface area contributed by atoms with Gasteiger partial charge in [-0.25, -0.2) is 0 Å². The summed E-state index contributed by atoms with van der Waals surface area (Å²) in [7, 11) is 0. The van der Waals surface area contributed by atoms with Gasteiger partial charge in [0, 0.05) is 11.6 Å². The lowest BCUT2D eigenvalue weighted by Crippen LogP contribution is -2.44. The van der Waals surface area contributed by atoms with Crippen LogP contribution in [0.5, 0.6) is 5.75 Å². The van der Waals surface area contributed by atoms with E-state index in [9.17, 15) is 9.59 Å². The summed E-state index contributed by atoms with van der Waals surface area (Å²) in [4.78, 5) is 25.0. The summed E-state index contributed by atoms with van der Waals surface area (Å²) in [5.74, 6) is -0.733. The second-order valence-corrected chi connectivity index (χ2v) is 5.18. The lowest BCUT2D eigenvalue weighted by molar-refractivity contribution is -0.146. The molecule has 1 N–H and O–H groups in total. The highest BCUT2D eigenvalue weighted by molar-refractivity contribution is 5.87. The summed E-state index contributed by atoms with van der Waals surface area (Å²) in [6, 6.07) is 7.30. The lowest BCUT2D eigenvalue weighted by Gasteiger charge is -2.32. The van der Waals surface area contributed by atoms with Crippen molar-refractivity contribution in [1.29, 1.82) is 0 Å². The summed E-state index contributed by atoms with van der Waals surface area (Å²) >= 11 is 0. The molecule has 1 heterocycles. The third-order valence-corrected chi connectivity index (χ3v) is 3.47. The van der Waals surface area contributed by atoms with E-state index in [1.54, 1.807) is 0 Å². The standard InChI is InChI=1S/C15H19NO4/c1-10(2)16(9-14(17)18)15(19)12-7-8-20-13-6-4-3-5-11(12)13/h3-6,10,12H,7-9H2,1-2H3,(H,17,18)/t12-/m1/s1. The van der Waals surface area contributed by atoms with Crippen molar-refractivity contribution >= 4 is 11.9 Å². The molecule has 1 atom stereocenters. The number of fused-ring (bicyclic) bond motifs is 1. The molecule has 0 bridgehead atoms. The molecule has 0 spiro atoms. The fraction of sp³-hybridized carbons (Fsp3) is 0.467. The normalized spacial score (nSPS) is 17.2. The van der Waals surface area contributed by atoms with Crippen LogP contribution in [0, 0.1) is 0 Å². The number of para-hydroxylation sites is 1. The van der Waals surface area contributed by atoms with E-state index in [0.717, 1.165) is 11.3 Å². The molecule has 5 heteroatoms. The summed E-state index contributed by atoms with van der Waals surface area (Å²) in [6.07, 6.45) is 0.582. The molecular formula is C15H19NO4. The first-order chi connectivity index (χ1) is 9.50. The van der Waals surface area contributed by atoms with Crippen LogP contribution in [0.15, 0.2) is 24.3 Å². The zero-order valence-corrected chi connectivity index (χ0v) is 11.7. The van der Waals surface area contributed by atoms with Crippen molar-refractivity contribution < 1.29 is 19.4 Å². The van der Waals surface area contributed by atoms with Crippen molar-refractivity contribution in [3.05, 3.63) is 29.8 Å². The first kappa shape index (κ1) is 14.4. The van der Waals surface area contributed by atoms with Gasteiger partial charge in [0.15, 0.2) is 0 Å². The van der Waals surface area contributed by atoms with Gasteiger partial charge in [0.25, 0.3) is 0 Å². The number of hydrogen-bond donors (Lipinski definition) is 1. The molecule has 1 amide bonds. The molecule has 0 unspecified atom stereocenters. The van der Waals surface area contributed by atoms with Crippen molar-refractivity contribution in [1.82, 2.24) is 4.90 Å². The highest BCUT2D eigenvalue weighted by Gasteiger charge is 2.32. The van der Waals surface area contributed by atoms with Crippen LogP contribution in [-0.2, 0) is 9.59 Å². The van der Waals surface area contributed by atoms with E-state index in [1.165, 1.54) is 4.90 Å². The summed E-state index contributed by atoms with van der Waals surface area (Å²) in [5.41, 5.74) is 0.847. The quantitative estimate of drug-likeness (QED) is 0.912. The number of carbonyl (C=O) groups excluding carboxylic acids is 1. The molecule has 0 radical (unpaired) electrons. The summed E-state index contributed by atoms with van der Waals surface area (Å²) in [5, 5.41) is 8.96. The minimum Gasteiger partial charge on any atom is -0.493 e. The Morgan fingerprint density at radius 3 is 2.75 bits per heavy atom. The third-order valence-electron chi connectivity index (χ3n) is 3.47. The Morgan fingerprint density at radius 1 is 1.40 bits per heavy atom. The van der Waals surface area contributed by atoms with Gasteiger partial charge in [0.2, 0.25) is 5.91 Å². The van der Waals surface area contributed by atoms with Crippen LogP contribution in [0.25, 0.3) is 0 Å². The fourth-order valence-electron chi connectivity index (χ4n) is 2.46. The minimum atomic E-state index is -0.993. The predicted octanol–water partition coefficient (Wildman–Crippen LogP) is 1.87. The SMILES string of the molecule is CC(C)N(CC(=O)O)C(=O)[C@@H]1CCOc2ccccc21. The number of aliphatic carboxylic acids is 1. The van der Waals surface area contributed by atoms with E-state index in [4.69, 9.17) is 9.84 Å². The molecule has 108 valence electrons. The van der Waals surface area contributed by atoms with Gasteiger partial charge >= 0.3 is 5.97 Å². The number of carboxylic acids is 1. The van der Waals surface area contributed by atoms with E-state index in [-0.39, 0.29) is 24.4 Å². The molecule has 0 fully saturated rings. The predicted molar refractivity (Wildman–Crippen MR) is 73.8 cm³/mol. The first-order valence-corrected chi connectivity index (χ1v) is 6.74. The first-order valence-electron chi connectivity index (χ1n) is 6.74. The second-order valence-electron chi connectivity index (χ2n) is 5.18. The molecule has 1 aliphatic heterocycles. The largest absolute Gasteiger partial charge is 0.493 e. The Hall–Kier alpha value is -2.04. The monoisotopic (exact) mass is 277 g/mol. The van der Waals surface area contributed by atoms with Crippen molar-refractivity contribution in [3.63, 3.8) is 0 Å². The Balaban J connectivity index is 2.26. The molecule has 1 aromatic carbocycles. The zero-order valence-electron chi connectivity index (χ0n) is 11.7. The maximum atomic E-state index is 12.6. The van der Waals surface area contributed by atoms with Gasteiger partial charge < -0.3 is 14.7 Å². The molecule has 0 aliphatic carbocycles. The number of hydrogen-bond acceptors (Lipinski definition) is 3. The third kappa shape index (κ3) is 2.92. The molecule has 0 saturated carbocycles. The molecule has 1 aromatic rings. The van der Waals surface area contributed by atoms with Crippen LogP contribution in [0.3, 0.4) is 0 Å². The van der Waals surface area contributed by atoms with Crippen LogP contribution in [0.1, 0.15) is 31.7 Å². The van der Waals surface area contributed by atoms with Gasteiger partial charge in [-0.05, 0) is 26.3 Å². The topological polar surface area (TPSA) is 66.8 Å². The number of benzene rings is 1. The van der Waals surface area contributed by atoms with Crippen molar-refractivity contribution in [2.45, 2.75) is 32.2 Å². The summed E-state index contributed by atoms with van der Waals surface area (Å²) < 4.78 is 5.54. The number of carbonyl (C=O) groups is 2. The Kier molecular flexibility index (Phi) is 4.27. The van der Waals surface area contributed by atoms with Gasteiger partial charge in [0.05, 0.1) is 12.5 Å². The van der Waals surface area contributed by atoms with Crippen LogP contribution < -0.4 is 4.74 Å². The maximum Gasteiger partial charge on any atom is 0.323 e. The van der Waals surface area contributed by atoms with Crippen LogP contribution in [0.4, 0.5) is 0 Å². The van der Waals surface area contributed by atoms with Gasteiger partial charge in [-0.15, -0.1) is 0 Å². The molecule has 5 nitrogen and oxygen atoms in total. The second kappa shape index (κ2) is 5.94. The molecule has 0 aromatic heterocycles. The van der Waals surface area contributed by atoms with Gasteiger partial charge in [-0.2, -0.15) is 0 Å². The Bertz CT molecular complexity index is 512. The van der Waals surface area contributed by atoms with Crippen LogP contribution >= 0.6 is 0 Å². The number of ether oxygens (including phenoxy) is 1. The Morgan fingerprint density at radius 2 is 2.10 bits per heavy atom. The lowest BCUT2D eigenvalue weighted by atomic mass is 9.91. The van der Waals surface area contributed by atoms with Gasteiger partial charge in [-0.1, -0.05) is 18.2 Å². The molecule has 1 aliphatic rings. The molecule has 2 rings (SSSR count). The van der Waals surface area contributed by atoms with Crippen molar-refractivity contribution in [3.8, 4) is 5.75 Å². The number of nitrogens with zero attached hydrogens (tertiary/aromatic N) is 1. The number of rotatable bonds is 4. The smallest absolute Gasteiger partial charge is 0.323 e. The van der Waals surface area contributed by atoms with Crippen LogP contribution in [0.2, 0.25) is 0 Å². The zero-order chi connectivity index (χ0) is 14.7. The van der Waals surface area contributed by atoms with Crippen molar-refractivity contribution in [2.24, 2.45) is 0 Å². The van der Waals surface area contributed by atoms with E-state index >= 15 is 0 Å². The van der Waals surface area contributed by atoms with Gasteiger partial charge in [-0.3, -0.25) is 9.59 Å². The van der Waals surface area contributed by atoms with E-state index in [0.29, 0.717) is 13.0 Å². The molecular weight excluding hydrogens is 258 g/mol. The fourth-order valence-corrected chi connectivity index (χ4v) is 2.46. The Labute approximate surface area is 118 Å². The van der Waals surface area contributed by atoms with Crippen LogP contribution in [-0.4, -0.2) is 41.1 Å². The average Bonchev–Trinajstić information content (AvgIpc) is 2.43. The van der Waals surface area contributed by atoms with Crippen molar-refractivity contribution in [2.75, 3.05) is 13.2 Å². The number of carboxylic acid groups (broad SMARTS) is 1. The maximum absolute atomic E-state index is 12.6. The average molecular weight is 277 g/mol. The van der Waals surface area contributed by atoms with E-state index in [2.05, 4.69) is 0 Å². The highest BCUT2D eigenvalue weighted by atomic mass is 16.5. The minimum absolute atomic E-state index is 0.141. The van der Waals surface area contributed by atoms with E-state index in [1.807, 2.05) is 38.1 Å². The molecule has 0 saturated heterocycles. The van der Waals surface area contributed by atoms with E-state index < -0.39 is 5.97 Å².